The number of amides is 1. The standard InChI is InChI=1S/C18H21NO4/c20-17(15-13-8-9-14(23-13)16(15)18(21)22)19-12-7-3-5-10-4-1-2-6-11(10)12/h1-2,4,6,12-16H,3,5,7-9H2,(H,19,20)(H,21,22)/t12-,13-,14+,15+,16-/m1/s1. The summed E-state index contributed by atoms with van der Waals surface area (Å²) in [6, 6.07) is 8.16. The quantitative estimate of drug-likeness (QED) is 0.895. The summed E-state index contributed by atoms with van der Waals surface area (Å²) in [4.78, 5) is 24.3. The Morgan fingerprint density at radius 2 is 1.83 bits per heavy atom. The molecule has 1 amide bonds. The maximum atomic E-state index is 12.8. The second-order valence-electron chi connectivity index (χ2n) is 6.83. The fourth-order valence-corrected chi connectivity index (χ4v) is 4.50. The maximum Gasteiger partial charge on any atom is 0.310 e. The predicted molar refractivity (Wildman–Crippen MR) is 82.8 cm³/mol. The molecule has 122 valence electrons. The molecule has 2 aliphatic heterocycles. The first-order valence-corrected chi connectivity index (χ1v) is 8.41. The number of carbonyl (C=O) groups excluding carboxylic acids is 1. The number of rotatable bonds is 3. The minimum atomic E-state index is -0.915. The first-order chi connectivity index (χ1) is 11.1. The molecular formula is C18H21NO4. The number of carboxylic acids is 1. The number of aliphatic carboxylic acids is 1. The Hall–Kier alpha value is -1.88. The largest absolute Gasteiger partial charge is 0.481 e. The Morgan fingerprint density at radius 3 is 2.61 bits per heavy atom. The van der Waals surface area contributed by atoms with Crippen LogP contribution >= 0.6 is 0 Å². The molecule has 4 rings (SSSR count). The number of carbonyl (C=O) groups is 2. The highest BCUT2D eigenvalue weighted by atomic mass is 16.5. The number of nitrogens with one attached hydrogen (secondary N) is 1. The Morgan fingerprint density at radius 1 is 1.09 bits per heavy atom. The third-order valence-corrected chi connectivity index (χ3v) is 5.55. The minimum Gasteiger partial charge on any atom is -0.481 e. The number of ether oxygens (including phenoxy) is 1. The summed E-state index contributed by atoms with van der Waals surface area (Å²) in [6.45, 7) is 0. The molecule has 5 nitrogen and oxygen atoms in total. The Bertz CT molecular complexity index is 644. The van der Waals surface area contributed by atoms with Gasteiger partial charge in [0, 0.05) is 0 Å². The van der Waals surface area contributed by atoms with Gasteiger partial charge in [0.25, 0.3) is 0 Å². The highest BCUT2D eigenvalue weighted by Crippen LogP contribution is 2.44. The van der Waals surface area contributed by atoms with E-state index < -0.39 is 17.8 Å². The lowest BCUT2D eigenvalue weighted by molar-refractivity contribution is -0.148. The van der Waals surface area contributed by atoms with Crippen molar-refractivity contribution in [3.8, 4) is 0 Å². The molecule has 2 saturated heterocycles. The normalized spacial score (nSPS) is 34.9. The summed E-state index contributed by atoms with van der Waals surface area (Å²) in [6.07, 6.45) is 3.98. The van der Waals surface area contributed by atoms with Crippen molar-refractivity contribution in [2.45, 2.75) is 50.4 Å². The molecule has 23 heavy (non-hydrogen) atoms. The zero-order valence-corrected chi connectivity index (χ0v) is 12.9. The number of hydrogen-bond donors (Lipinski definition) is 2. The molecule has 0 unspecified atom stereocenters. The summed E-state index contributed by atoms with van der Waals surface area (Å²) in [5.41, 5.74) is 2.45. The first kappa shape index (κ1) is 14.7. The molecule has 2 bridgehead atoms. The molecular weight excluding hydrogens is 294 g/mol. The molecule has 5 atom stereocenters. The molecule has 0 spiro atoms. The van der Waals surface area contributed by atoms with Gasteiger partial charge in [-0.25, -0.2) is 0 Å². The molecule has 1 aromatic rings. The van der Waals surface area contributed by atoms with Gasteiger partial charge in [-0.05, 0) is 43.2 Å². The number of aryl methyl sites for hydroxylation is 1. The summed E-state index contributed by atoms with van der Waals surface area (Å²) < 4.78 is 5.70. The van der Waals surface area contributed by atoms with Gasteiger partial charge in [0.05, 0.1) is 30.1 Å². The first-order valence-electron chi connectivity index (χ1n) is 8.41. The van der Waals surface area contributed by atoms with Crippen LogP contribution < -0.4 is 5.32 Å². The van der Waals surface area contributed by atoms with Gasteiger partial charge >= 0.3 is 5.97 Å². The fourth-order valence-electron chi connectivity index (χ4n) is 4.50. The molecule has 0 saturated carbocycles. The van der Waals surface area contributed by atoms with E-state index in [0.717, 1.165) is 32.1 Å². The van der Waals surface area contributed by atoms with E-state index >= 15 is 0 Å². The van der Waals surface area contributed by atoms with Crippen molar-refractivity contribution >= 4 is 11.9 Å². The lowest BCUT2D eigenvalue weighted by Crippen LogP contribution is -2.45. The van der Waals surface area contributed by atoms with Crippen LogP contribution in [0.15, 0.2) is 24.3 Å². The van der Waals surface area contributed by atoms with Crippen LogP contribution in [0.25, 0.3) is 0 Å². The van der Waals surface area contributed by atoms with Crippen LogP contribution in [0, 0.1) is 11.8 Å². The van der Waals surface area contributed by atoms with Crippen molar-refractivity contribution in [1.82, 2.24) is 5.32 Å². The van der Waals surface area contributed by atoms with Gasteiger partial charge in [-0.3, -0.25) is 9.59 Å². The number of fused-ring (bicyclic) bond motifs is 3. The summed E-state index contributed by atoms with van der Waals surface area (Å²) in [7, 11) is 0. The van der Waals surface area contributed by atoms with Crippen LogP contribution in [0.2, 0.25) is 0 Å². The van der Waals surface area contributed by atoms with Crippen LogP contribution in [0.3, 0.4) is 0 Å². The number of hydrogen-bond acceptors (Lipinski definition) is 3. The van der Waals surface area contributed by atoms with Crippen LogP contribution in [0.1, 0.15) is 42.9 Å². The third-order valence-electron chi connectivity index (χ3n) is 5.55. The molecule has 2 fully saturated rings. The maximum absolute atomic E-state index is 12.8. The minimum absolute atomic E-state index is 0.0129. The smallest absolute Gasteiger partial charge is 0.310 e. The molecule has 2 heterocycles. The van der Waals surface area contributed by atoms with Gasteiger partial charge < -0.3 is 15.2 Å². The van der Waals surface area contributed by atoms with E-state index in [1.807, 2.05) is 12.1 Å². The zero-order chi connectivity index (χ0) is 16.0. The average Bonchev–Trinajstić information content (AvgIpc) is 3.16. The van der Waals surface area contributed by atoms with Gasteiger partial charge in [-0.2, -0.15) is 0 Å². The van der Waals surface area contributed by atoms with E-state index in [4.69, 9.17) is 4.74 Å². The second-order valence-corrected chi connectivity index (χ2v) is 6.83. The lowest BCUT2D eigenvalue weighted by Gasteiger charge is -2.30. The molecule has 1 aromatic carbocycles. The zero-order valence-electron chi connectivity index (χ0n) is 12.9. The highest BCUT2D eigenvalue weighted by Gasteiger charge is 2.55. The summed E-state index contributed by atoms with van der Waals surface area (Å²) in [5.74, 6) is -2.33. The Labute approximate surface area is 135 Å². The average molecular weight is 315 g/mol. The number of benzene rings is 1. The number of carboxylic acid groups (broad SMARTS) is 1. The van der Waals surface area contributed by atoms with E-state index in [2.05, 4.69) is 17.4 Å². The molecule has 0 aromatic heterocycles. The van der Waals surface area contributed by atoms with Crippen LogP contribution in [0.4, 0.5) is 0 Å². The van der Waals surface area contributed by atoms with Crippen molar-refractivity contribution in [2.24, 2.45) is 11.8 Å². The topological polar surface area (TPSA) is 75.6 Å². The molecule has 0 radical (unpaired) electrons. The monoisotopic (exact) mass is 315 g/mol. The fraction of sp³-hybridized carbons (Fsp3) is 0.556. The Kier molecular flexibility index (Phi) is 3.60. The van der Waals surface area contributed by atoms with Gasteiger partial charge in [-0.15, -0.1) is 0 Å². The van der Waals surface area contributed by atoms with Crippen molar-refractivity contribution in [3.63, 3.8) is 0 Å². The molecule has 5 heteroatoms. The summed E-state index contributed by atoms with van der Waals surface area (Å²) >= 11 is 0. The molecule has 3 aliphatic rings. The van der Waals surface area contributed by atoms with Gasteiger partial charge in [0.1, 0.15) is 0 Å². The van der Waals surface area contributed by atoms with Gasteiger partial charge in [0.2, 0.25) is 5.91 Å². The highest BCUT2D eigenvalue weighted by molar-refractivity contribution is 5.86. The van der Waals surface area contributed by atoms with E-state index in [-0.39, 0.29) is 24.2 Å². The van der Waals surface area contributed by atoms with Crippen molar-refractivity contribution in [3.05, 3.63) is 35.4 Å². The van der Waals surface area contributed by atoms with E-state index in [0.29, 0.717) is 0 Å². The van der Waals surface area contributed by atoms with Crippen LogP contribution in [-0.2, 0) is 20.7 Å². The van der Waals surface area contributed by atoms with E-state index in [1.165, 1.54) is 11.1 Å². The van der Waals surface area contributed by atoms with E-state index in [9.17, 15) is 14.7 Å². The predicted octanol–water partition coefficient (Wildman–Crippen LogP) is 2.06. The van der Waals surface area contributed by atoms with Gasteiger partial charge in [-0.1, -0.05) is 24.3 Å². The van der Waals surface area contributed by atoms with Crippen molar-refractivity contribution in [1.29, 1.82) is 0 Å². The third kappa shape index (κ3) is 2.43. The SMILES string of the molecule is O=C(N[C@@H]1CCCc2ccccc21)[C@@H]1[C@H](C(=O)O)[C@@H]2CC[C@H]1O2. The van der Waals surface area contributed by atoms with Crippen LogP contribution in [-0.4, -0.2) is 29.2 Å². The Balaban J connectivity index is 1.54. The summed E-state index contributed by atoms with van der Waals surface area (Å²) in [5, 5.41) is 12.6. The molecule has 2 N–H and O–H groups in total. The van der Waals surface area contributed by atoms with Crippen molar-refractivity contribution < 1.29 is 19.4 Å². The second kappa shape index (κ2) is 5.64. The molecule has 1 aliphatic carbocycles. The van der Waals surface area contributed by atoms with Crippen molar-refractivity contribution in [2.75, 3.05) is 0 Å². The van der Waals surface area contributed by atoms with Crippen LogP contribution in [0.5, 0.6) is 0 Å². The van der Waals surface area contributed by atoms with E-state index in [1.54, 1.807) is 0 Å². The van der Waals surface area contributed by atoms with Gasteiger partial charge in [0.15, 0.2) is 0 Å². The lowest BCUT2D eigenvalue weighted by atomic mass is 9.78.